The van der Waals surface area contributed by atoms with Crippen LogP contribution in [0.1, 0.15) is 18.8 Å². The molecule has 158 valence electrons. The average Bonchev–Trinajstić information content (AvgIpc) is 3.18. The molecule has 0 aliphatic heterocycles. The Morgan fingerprint density at radius 3 is 2.33 bits per heavy atom. The van der Waals surface area contributed by atoms with Gasteiger partial charge in [-0.2, -0.15) is 23.0 Å². The van der Waals surface area contributed by atoms with Gasteiger partial charge in [-0.1, -0.05) is 0 Å². The molecule has 2 N–H and O–H groups in total. The smallest absolute Gasteiger partial charge is 0.328 e. The Balaban J connectivity index is 1.68. The molecule has 0 radical (unpaired) electrons. The molecule has 0 aliphatic rings. The molecule has 0 spiro atoms. The van der Waals surface area contributed by atoms with Crippen LogP contribution in [-0.4, -0.2) is 44.7 Å². The second kappa shape index (κ2) is 8.06. The van der Waals surface area contributed by atoms with E-state index < -0.39 is 32.3 Å². The van der Waals surface area contributed by atoms with Crippen LogP contribution in [0.15, 0.2) is 53.9 Å². The van der Waals surface area contributed by atoms with Gasteiger partial charge in [0.25, 0.3) is 15.8 Å². The minimum Gasteiger partial charge on any atom is -0.328 e. The predicted octanol–water partition coefficient (Wildman–Crippen LogP) is 2.23. The van der Waals surface area contributed by atoms with E-state index in [-0.39, 0.29) is 11.6 Å². The van der Waals surface area contributed by atoms with Crippen LogP contribution in [0, 0.1) is 0 Å². The summed E-state index contributed by atoms with van der Waals surface area (Å²) >= 11 is 0. The number of amides is 2. The van der Waals surface area contributed by atoms with E-state index in [1.54, 1.807) is 13.0 Å². The van der Waals surface area contributed by atoms with Crippen molar-refractivity contribution in [2.45, 2.75) is 23.4 Å². The van der Waals surface area contributed by atoms with Crippen LogP contribution in [0.25, 0.3) is 5.95 Å². The maximum Gasteiger partial charge on any atom is 0.501 e. The normalized spacial score (nSPS) is 12.9. The molecular weight excluding hydrogens is 427 g/mol. The molecule has 3 rings (SSSR count). The second-order valence-electron chi connectivity index (χ2n) is 5.87. The Bertz CT molecular complexity index is 1130. The molecule has 1 atom stereocenters. The summed E-state index contributed by atoms with van der Waals surface area (Å²) in [6.45, 7) is 1.63. The highest BCUT2D eigenvalue weighted by atomic mass is 32.2. The summed E-state index contributed by atoms with van der Waals surface area (Å²) in [5.41, 5.74) is -5.32. The van der Waals surface area contributed by atoms with Gasteiger partial charge in [0.05, 0.1) is 10.9 Å². The summed E-state index contributed by atoms with van der Waals surface area (Å²) in [5.74, 6) is 0.587. The Labute approximate surface area is 168 Å². The first-order chi connectivity index (χ1) is 14.1. The lowest BCUT2D eigenvalue weighted by Gasteiger charge is -2.15. The molecule has 10 nitrogen and oxygen atoms in total. The number of rotatable bonds is 5. The third-order valence-corrected chi connectivity index (χ3v) is 5.28. The maximum absolute atomic E-state index is 12.6. The molecule has 0 aliphatic carbocycles. The molecule has 2 heterocycles. The van der Waals surface area contributed by atoms with Crippen LogP contribution in [-0.2, 0) is 9.84 Å². The number of carbonyl (C=O) groups is 1. The summed E-state index contributed by atoms with van der Waals surface area (Å²) < 4.78 is 61.8. The first kappa shape index (κ1) is 21.2. The van der Waals surface area contributed by atoms with Gasteiger partial charge in [0.15, 0.2) is 5.82 Å². The van der Waals surface area contributed by atoms with Gasteiger partial charge in [-0.3, -0.25) is 0 Å². The van der Waals surface area contributed by atoms with Crippen LogP contribution < -0.4 is 10.6 Å². The van der Waals surface area contributed by atoms with Gasteiger partial charge in [-0.25, -0.2) is 28.2 Å². The number of benzene rings is 1. The fourth-order valence-electron chi connectivity index (χ4n) is 2.38. The van der Waals surface area contributed by atoms with E-state index in [9.17, 15) is 26.4 Å². The molecule has 0 fully saturated rings. The SMILES string of the molecule is C[C@H](NC(=O)Nc1ccc(S(=O)(=O)C(F)(F)F)cc1)c1ncnn1-c1ncccn1. The number of anilines is 1. The molecule has 30 heavy (non-hydrogen) atoms. The first-order valence-electron chi connectivity index (χ1n) is 8.26. The molecule has 3 aromatic rings. The molecular formula is C16H14F3N7O3S. The highest BCUT2D eigenvalue weighted by Crippen LogP contribution is 2.30. The van der Waals surface area contributed by atoms with Gasteiger partial charge in [0.1, 0.15) is 6.33 Å². The molecule has 2 amide bonds. The van der Waals surface area contributed by atoms with Crippen LogP contribution in [0.5, 0.6) is 0 Å². The Hall–Kier alpha value is -3.55. The molecule has 2 aromatic heterocycles. The monoisotopic (exact) mass is 441 g/mol. The van der Waals surface area contributed by atoms with Crippen molar-refractivity contribution < 1.29 is 26.4 Å². The minimum absolute atomic E-state index is 0.0914. The Morgan fingerprint density at radius 1 is 1.10 bits per heavy atom. The first-order valence-corrected chi connectivity index (χ1v) is 9.74. The van der Waals surface area contributed by atoms with Gasteiger partial charge >= 0.3 is 11.5 Å². The van der Waals surface area contributed by atoms with E-state index in [1.165, 1.54) is 23.4 Å². The number of hydrogen-bond donors (Lipinski definition) is 2. The number of aromatic nitrogens is 5. The number of nitrogens with one attached hydrogen (secondary N) is 2. The fourth-order valence-corrected chi connectivity index (χ4v) is 3.14. The summed E-state index contributed by atoms with van der Waals surface area (Å²) in [4.78, 5) is 23.4. The lowest BCUT2D eigenvalue weighted by Crippen LogP contribution is -2.32. The number of hydrogen-bond acceptors (Lipinski definition) is 7. The predicted molar refractivity (Wildman–Crippen MR) is 97.2 cm³/mol. The van der Waals surface area contributed by atoms with E-state index >= 15 is 0 Å². The van der Waals surface area contributed by atoms with Crippen LogP contribution in [0.3, 0.4) is 0 Å². The van der Waals surface area contributed by atoms with Crippen molar-refractivity contribution in [2.75, 3.05) is 5.32 Å². The van der Waals surface area contributed by atoms with Crippen molar-refractivity contribution in [3.05, 3.63) is 54.9 Å². The Kier molecular flexibility index (Phi) is 5.69. The Morgan fingerprint density at radius 2 is 1.73 bits per heavy atom. The van der Waals surface area contributed by atoms with E-state index in [4.69, 9.17) is 0 Å². The zero-order chi connectivity index (χ0) is 21.9. The zero-order valence-electron chi connectivity index (χ0n) is 15.2. The van der Waals surface area contributed by atoms with Crippen LogP contribution >= 0.6 is 0 Å². The number of alkyl halides is 3. The zero-order valence-corrected chi connectivity index (χ0v) is 16.0. The highest BCUT2D eigenvalue weighted by molar-refractivity contribution is 7.92. The van der Waals surface area contributed by atoms with Crippen molar-refractivity contribution in [1.29, 1.82) is 0 Å². The summed E-state index contributed by atoms with van der Waals surface area (Å²) in [5, 5.41) is 8.99. The van der Waals surface area contributed by atoms with Crippen molar-refractivity contribution >= 4 is 21.6 Å². The topological polar surface area (TPSA) is 132 Å². The molecule has 1 aromatic carbocycles. The van der Waals surface area contributed by atoms with Gasteiger partial charge in [0, 0.05) is 18.1 Å². The van der Waals surface area contributed by atoms with Crippen LogP contribution in [0.2, 0.25) is 0 Å². The van der Waals surface area contributed by atoms with Gasteiger partial charge in [-0.15, -0.1) is 0 Å². The van der Waals surface area contributed by atoms with E-state index in [1.807, 2.05) is 0 Å². The standard InChI is InChI=1S/C16H14F3N7O3S/c1-10(13-22-9-23-26(13)14-20-7-2-8-21-14)24-15(27)25-11-3-5-12(6-4-11)30(28,29)16(17,18)19/h2-10H,1H3,(H2,24,25,27)/t10-/m0/s1. The van der Waals surface area contributed by atoms with E-state index in [0.717, 1.165) is 24.3 Å². The third-order valence-electron chi connectivity index (χ3n) is 3.78. The van der Waals surface area contributed by atoms with Crippen LogP contribution in [0.4, 0.5) is 23.7 Å². The minimum atomic E-state index is -5.46. The number of carbonyl (C=O) groups excluding carboxylic acids is 1. The maximum atomic E-state index is 12.6. The van der Waals surface area contributed by atoms with Gasteiger partial charge < -0.3 is 10.6 Å². The lowest BCUT2D eigenvalue weighted by molar-refractivity contribution is -0.0436. The number of urea groups is 1. The fraction of sp³-hybridized carbons (Fsp3) is 0.188. The highest BCUT2D eigenvalue weighted by Gasteiger charge is 2.46. The van der Waals surface area contributed by atoms with E-state index in [2.05, 4.69) is 30.7 Å². The van der Waals surface area contributed by atoms with E-state index in [0.29, 0.717) is 5.82 Å². The molecule has 14 heteroatoms. The summed E-state index contributed by atoms with van der Waals surface area (Å²) in [6, 6.07) is 3.89. The average molecular weight is 441 g/mol. The number of halogens is 3. The molecule has 0 saturated carbocycles. The van der Waals surface area contributed by atoms with Gasteiger partial charge in [0.2, 0.25) is 0 Å². The summed E-state index contributed by atoms with van der Waals surface area (Å²) in [7, 11) is -5.46. The molecule has 0 unspecified atom stereocenters. The van der Waals surface area contributed by atoms with Crippen molar-refractivity contribution in [3.8, 4) is 5.95 Å². The van der Waals surface area contributed by atoms with Crippen molar-refractivity contribution in [2.24, 2.45) is 0 Å². The lowest BCUT2D eigenvalue weighted by atomic mass is 10.3. The van der Waals surface area contributed by atoms with Crippen molar-refractivity contribution in [3.63, 3.8) is 0 Å². The molecule has 0 bridgehead atoms. The number of nitrogens with zero attached hydrogens (tertiary/aromatic N) is 5. The van der Waals surface area contributed by atoms with Crippen molar-refractivity contribution in [1.82, 2.24) is 30.0 Å². The summed E-state index contributed by atoms with van der Waals surface area (Å²) in [6.07, 6.45) is 4.30. The molecule has 0 saturated heterocycles. The van der Waals surface area contributed by atoms with Gasteiger partial charge in [-0.05, 0) is 37.3 Å². The quantitative estimate of drug-likeness (QED) is 0.621. The largest absolute Gasteiger partial charge is 0.501 e. The third kappa shape index (κ3) is 4.37. The number of sulfone groups is 1. The second-order valence-corrected chi connectivity index (χ2v) is 7.81.